The van der Waals surface area contributed by atoms with Crippen LogP contribution in [-0.2, 0) is 25.7 Å². The van der Waals surface area contributed by atoms with Crippen molar-refractivity contribution in [2.45, 2.75) is 32.6 Å². The van der Waals surface area contributed by atoms with Crippen molar-refractivity contribution < 1.29 is 0 Å². The first kappa shape index (κ1) is 42.4. The molecule has 0 saturated heterocycles. The summed E-state index contributed by atoms with van der Waals surface area (Å²) >= 11 is 0. The van der Waals surface area contributed by atoms with Gasteiger partial charge in [0.25, 0.3) is 0 Å². The third-order valence-corrected chi connectivity index (χ3v) is 12.6. The van der Waals surface area contributed by atoms with Crippen LogP contribution in [0.4, 0.5) is 5.69 Å². The van der Waals surface area contributed by atoms with E-state index in [2.05, 4.69) is 192 Å². The van der Waals surface area contributed by atoms with Gasteiger partial charge in [-0.25, -0.2) is 4.85 Å². The molecule has 3 heterocycles. The number of aromatic nitrogens is 3. The fraction of sp³-hybridized carbons (Fsp3) is 0.0794. The lowest BCUT2D eigenvalue weighted by Crippen LogP contribution is -1.98. The zero-order chi connectivity index (χ0) is 45.4. The van der Waals surface area contributed by atoms with Crippen LogP contribution in [0, 0.1) is 13.5 Å². The topological polar surface area (TPSA) is 43.0 Å². The van der Waals surface area contributed by atoms with Crippen LogP contribution in [0.5, 0.6) is 0 Å². The zero-order valence-electron chi connectivity index (χ0n) is 37.5. The number of pyridine rings is 3. The Hall–Kier alpha value is -8.52. The molecule has 320 valence electrons. The van der Waals surface area contributed by atoms with Crippen LogP contribution in [0.25, 0.3) is 83.1 Å². The van der Waals surface area contributed by atoms with Crippen LogP contribution in [0.1, 0.15) is 27.8 Å². The van der Waals surface area contributed by atoms with Crippen molar-refractivity contribution in [3.63, 3.8) is 0 Å². The average Bonchev–Trinajstić information content (AvgIpc) is 3.40. The Kier molecular flexibility index (Phi) is 12.5. The highest BCUT2D eigenvalue weighted by atomic mass is 14.7. The minimum absolute atomic E-state index is 0.674. The fourth-order valence-corrected chi connectivity index (χ4v) is 8.98. The number of aryl methyl sites for hydroxylation is 5. The molecule has 0 amide bonds. The monoisotopic (exact) mass is 860 g/mol. The number of benzene rings is 7. The molecule has 0 bridgehead atoms. The summed E-state index contributed by atoms with van der Waals surface area (Å²) in [7, 11) is 0. The Morgan fingerprint density at radius 2 is 0.910 bits per heavy atom. The van der Waals surface area contributed by atoms with Gasteiger partial charge in [-0.15, -0.1) is 0 Å². The maximum atomic E-state index is 8.11. The molecule has 67 heavy (non-hydrogen) atoms. The largest absolute Gasteiger partial charge is 0.256 e. The van der Waals surface area contributed by atoms with E-state index in [4.69, 9.17) is 11.6 Å². The van der Waals surface area contributed by atoms with E-state index in [1.807, 2.05) is 48.8 Å². The van der Waals surface area contributed by atoms with E-state index < -0.39 is 0 Å². The van der Waals surface area contributed by atoms with Gasteiger partial charge in [0, 0.05) is 29.7 Å². The minimum Gasteiger partial charge on any atom is -0.256 e. The number of hydrogen-bond acceptors (Lipinski definition) is 3. The van der Waals surface area contributed by atoms with E-state index in [9.17, 15) is 0 Å². The lowest BCUT2D eigenvalue weighted by molar-refractivity contribution is 0.933. The van der Waals surface area contributed by atoms with Gasteiger partial charge in [-0.05, 0) is 153 Å². The summed E-state index contributed by atoms with van der Waals surface area (Å²) in [4.78, 5) is 17.9. The second-order valence-electron chi connectivity index (χ2n) is 17.1. The Morgan fingerprint density at radius 1 is 0.358 bits per heavy atom. The summed E-state index contributed by atoms with van der Waals surface area (Å²) < 4.78 is 0. The van der Waals surface area contributed by atoms with E-state index >= 15 is 0 Å². The van der Waals surface area contributed by atoms with E-state index in [1.54, 1.807) is 6.20 Å². The molecule has 4 nitrogen and oxygen atoms in total. The van der Waals surface area contributed by atoms with Crippen LogP contribution in [0.15, 0.2) is 225 Å². The Morgan fingerprint density at radius 3 is 1.60 bits per heavy atom. The van der Waals surface area contributed by atoms with Crippen molar-refractivity contribution in [3.05, 3.63) is 264 Å². The van der Waals surface area contributed by atoms with Crippen LogP contribution in [0.2, 0.25) is 0 Å². The quantitative estimate of drug-likeness (QED) is 0.108. The van der Waals surface area contributed by atoms with E-state index in [0.29, 0.717) is 5.69 Å². The van der Waals surface area contributed by atoms with E-state index in [0.717, 1.165) is 87.3 Å². The highest BCUT2D eigenvalue weighted by Crippen LogP contribution is 2.41. The minimum atomic E-state index is 0.674. The molecule has 0 aliphatic carbocycles. The molecule has 3 aromatic heterocycles. The average molecular weight is 861 g/mol. The lowest BCUT2D eigenvalue weighted by atomic mass is 9.86. The predicted octanol–water partition coefficient (Wildman–Crippen LogP) is 16.0. The molecule has 10 aromatic rings. The van der Waals surface area contributed by atoms with Gasteiger partial charge in [-0.1, -0.05) is 164 Å². The molecule has 0 radical (unpaired) electrons. The highest BCUT2D eigenvalue weighted by Gasteiger charge is 2.17. The predicted molar refractivity (Wildman–Crippen MR) is 277 cm³/mol. The zero-order valence-corrected chi connectivity index (χ0v) is 37.5. The van der Waals surface area contributed by atoms with Gasteiger partial charge in [0.1, 0.15) is 0 Å². The number of rotatable bonds is 13. The first-order valence-corrected chi connectivity index (χ1v) is 22.9. The van der Waals surface area contributed by atoms with Crippen LogP contribution < -0.4 is 0 Å². The van der Waals surface area contributed by atoms with Gasteiger partial charge in [-0.2, -0.15) is 0 Å². The standard InChI is InChI=1S/C63H48N4/c1-44-18-35-62(67-43-44)53-33-34-58(59(41-53)50-29-27-49(28-30-50)48-12-4-3-5-13-48)57-15-7-6-14-56(57)55-39-46(20-19-45-21-24-51(25-22-45)60-16-8-10-36-65-60)38-47(40-55)23-26-52-31-32-54(42-63(52)64-2)61-17-9-11-37-66-61/h3-18,21-22,24-25,27-43H,19-20,23,26H2,1H3. The molecule has 0 spiro atoms. The molecule has 0 saturated carbocycles. The van der Waals surface area contributed by atoms with Gasteiger partial charge >= 0.3 is 0 Å². The van der Waals surface area contributed by atoms with Crippen molar-refractivity contribution in [2.24, 2.45) is 0 Å². The van der Waals surface area contributed by atoms with Crippen molar-refractivity contribution in [2.75, 3.05) is 0 Å². The van der Waals surface area contributed by atoms with Crippen molar-refractivity contribution in [1.82, 2.24) is 15.0 Å². The summed E-state index contributed by atoms with van der Waals surface area (Å²) in [5, 5.41) is 0. The van der Waals surface area contributed by atoms with Gasteiger partial charge in [0.05, 0.1) is 23.7 Å². The van der Waals surface area contributed by atoms with Crippen molar-refractivity contribution in [1.29, 1.82) is 0 Å². The number of hydrogen-bond donors (Lipinski definition) is 0. The van der Waals surface area contributed by atoms with Crippen LogP contribution in [-0.4, -0.2) is 15.0 Å². The van der Waals surface area contributed by atoms with E-state index in [1.165, 1.54) is 44.5 Å². The molecule has 0 aliphatic heterocycles. The first-order valence-electron chi connectivity index (χ1n) is 22.9. The van der Waals surface area contributed by atoms with Crippen molar-refractivity contribution >= 4 is 5.69 Å². The summed E-state index contributed by atoms with van der Waals surface area (Å²) in [5.74, 6) is 0. The fourth-order valence-electron chi connectivity index (χ4n) is 8.98. The van der Waals surface area contributed by atoms with Gasteiger partial charge in [0.2, 0.25) is 0 Å². The summed E-state index contributed by atoms with van der Waals surface area (Å²) in [6, 6.07) is 73.4. The molecule has 0 atom stereocenters. The molecule has 0 aliphatic rings. The maximum Gasteiger partial charge on any atom is 0.191 e. The van der Waals surface area contributed by atoms with Crippen LogP contribution in [0.3, 0.4) is 0 Å². The smallest absolute Gasteiger partial charge is 0.191 e. The van der Waals surface area contributed by atoms with E-state index in [-0.39, 0.29) is 0 Å². The highest BCUT2D eigenvalue weighted by molar-refractivity contribution is 5.94. The van der Waals surface area contributed by atoms with Crippen LogP contribution >= 0.6 is 0 Å². The molecule has 10 rings (SSSR count). The van der Waals surface area contributed by atoms with Crippen molar-refractivity contribution in [3.8, 4) is 78.3 Å². The molecule has 0 fully saturated rings. The van der Waals surface area contributed by atoms with Gasteiger partial charge in [0.15, 0.2) is 5.69 Å². The summed E-state index contributed by atoms with van der Waals surface area (Å²) in [5.41, 5.74) is 22.0. The second kappa shape index (κ2) is 19.7. The molecular weight excluding hydrogens is 813 g/mol. The SMILES string of the molecule is [C-]#[N+]c1cc(-c2ccccn2)ccc1CCc1cc(CCc2ccc(-c3ccccn3)cc2)cc(-c2ccccc2-c2ccc(-c3ccc(C)cn3)cc2-c2ccc(-c3ccccc3)cc2)c1. The summed E-state index contributed by atoms with van der Waals surface area (Å²) in [6.45, 7) is 10.2. The Balaban J connectivity index is 1.03. The van der Waals surface area contributed by atoms with Gasteiger partial charge < -0.3 is 0 Å². The summed E-state index contributed by atoms with van der Waals surface area (Å²) in [6.07, 6.45) is 8.91. The lowest BCUT2D eigenvalue weighted by Gasteiger charge is -2.18. The normalized spacial score (nSPS) is 11.0. The Bertz CT molecular complexity index is 3320. The third kappa shape index (κ3) is 9.78. The third-order valence-electron chi connectivity index (χ3n) is 12.6. The first-order chi connectivity index (χ1) is 33.0. The molecule has 4 heteroatoms. The van der Waals surface area contributed by atoms with Gasteiger partial charge in [-0.3, -0.25) is 15.0 Å². The number of nitrogens with zero attached hydrogens (tertiary/aromatic N) is 4. The molecular formula is C63H48N4. The molecule has 0 N–H and O–H groups in total. The second-order valence-corrected chi connectivity index (χ2v) is 17.1. The maximum absolute atomic E-state index is 8.11. The molecule has 7 aromatic carbocycles. The molecule has 0 unspecified atom stereocenters. The Labute approximate surface area is 393 Å².